The Bertz CT molecular complexity index is 671. The van der Waals surface area contributed by atoms with Crippen molar-refractivity contribution in [1.29, 1.82) is 0 Å². The number of benzene rings is 2. The molecule has 2 aromatic rings. The zero-order chi connectivity index (χ0) is 15.4. The second-order valence-corrected chi connectivity index (χ2v) is 5.45. The summed E-state index contributed by atoms with van der Waals surface area (Å²) in [5, 5.41) is 3.22. The third-order valence-corrected chi connectivity index (χ3v) is 3.67. The van der Waals surface area contributed by atoms with Crippen molar-refractivity contribution >= 4 is 39.0 Å². The first-order valence-corrected chi connectivity index (χ1v) is 7.41. The lowest BCUT2D eigenvalue weighted by molar-refractivity contribution is 0.0527. The molecule has 0 aliphatic carbocycles. The van der Waals surface area contributed by atoms with Crippen LogP contribution < -0.4 is 11.1 Å². The Balaban J connectivity index is 2.43. The first-order chi connectivity index (χ1) is 10.0. The minimum Gasteiger partial charge on any atom is -0.462 e. The number of rotatable bonds is 4. The lowest BCUT2D eigenvalue weighted by Crippen LogP contribution is -2.10. The smallest absolute Gasteiger partial charge is 0.340 e. The minimum absolute atomic E-state index is 0.321. The molecule has 0 unspecified atom stereocenters. The van der Waals surface area contributed by atoms with Crippen LogP contribution in [0.15, 0.2) is 40.9 Å². The predicted octanol–water partition coefficient (Wildman–Crippen LogP) is 4.26. The van der Waals surface area contributed by atoms with Gasteiger partial charge >= 0.3 is 5.97 Å². The van der Waals surface area contributed by atoms with Gasteiger partial charge in [0.25, 0.3) is 0 Å². The van der Waals surface area contributed by atoms with E-state index in [-0.39, 0.29) is 0 Å². The summed E-state index contributed by atoms with van der Waals surface area (Å²) in [6.45, 7) is 4.09. The number of para-hydroxylation sites is 1. The van der Waals surface area contributed by atoms with Crippen molar-refractivity contribution in [1.82, 2.24) is 0 Å². The maximum Gasteiger partial charge on any atom is 0.340 e. The summed E-state index contributed by atoms with van der Waals surface area (Å²) in [5.74, 6) is -0.393. The number of nitrogens with two attached hydrogens (primary N) is 1. The molecule has 0 bridgehead atoms. The number of carbonyl (C=O) groups is 1. The van der Waals surface area contributed by atoms with E-state index in [0.29, 0.717) is 23.5 Å². The molecule has 0 radical (unpaired) electrons. The minimum atomic E-state index is -0.393. The first-order valence-electron chi connectivity index (χ1n) is 6.61. The Labute approximate surface area is 132 Å². The van der Waals surface area contributed by atoms with Gasteiger partial charge in [-0.15, -0.1) is 0 Å². The molecule has 0 atom stereocenters. The molecular weight excluding hydrogens is 332 g/mol. The van der Waals surface area contributed by atoms with E-state index in [1.54, 1.807) is 25.1 Å². The molecule has 0 spiro atoms. The highest BCUT2D eigenvalue weighted by molar-refractivity contribution is 9.10. The number of ether oxygens (including phenoxy) is 1. The molecule has 0 saturated heterocycles. The second-order valence-electron chi connectivity index (χ2n) is 4.60. The molecule has 0 saturated carbocycles. The van der Waals surface area contributed by atoms with Gasteiger partial charge in [0.1, 0.15) is 0 Å². The summed E-state index contributed by atoms with van der Waals surface area (Å²) >= 11 is 3.49. The molecule has 0 amide bonds. The van der Waals surface area contributed by atoms with E-state index in [2.05, 4.69) is 21.2 Å². The molecular formula is C16H17BrN2O2. The molecule has 0 aromatic heterocycles. The Morgan fingerprint density at radius 1 is 1.33 bits per heavy atom. The van der Waals surface area contributed by atoms with Gasteiger partial charge in [-0.05, 0) is 59.6 Å². The fourth-order valence-electron chi connectivity index (χ4n) is 1.96. The molecule has 0 heterocycles. The van der Waals surface area contributed by atoms with Crippen LogP contribution in [0.5, 0.6) is 0 Å². The zero-order valence-electron chi connectivity index (χ0n) is 11.9. The van der Waals surface area contributed by atoms with Gasteiger partial charge in [-0.2, -0.15) is 0 Å². The van der Waals surface area contributed by atoms with E-state index in [1.807, 2.05) is 25.1 Å². The lowest BCUT2D eigenvalue weighted by atomic mass is 10.1. The maximum atomic E-state index is 12.0. The lowest BCUT2D eigenvalue weighted by Gasteiger charge is -2.15. The second kappa shape index (κ2) is 6.63. The van der Waals surface area contributed by atoms with Gasteiger partial charge in [0, 0.05) is 4.47 Å². The molecule has 110 valence electrons. The Kier molecular flexibility index (Phi) is 4.85. The van der Waals surface area contributed by atoms with Gasteiger partial charge in [-0.3, -0.25) is 0 Å². The van der Waals surface area contributed by atoms with E-state index >= 15 is 0 Å². The number of carbonyl (C=O) groups excluding carboxylic acids is 1. The summed E-state index contributed by atoms with van der Waals surface area (Å²) < 4.78 is 5.96. The zero-order valence-corrected chi connectivity index (χ0v) is 13.5. The molecule has 2 aromatic carbocycles. The highest BCUT2D eigenvalue weighted by atomic mass is 79.9. The van der Waals surface area contributed by atoms with Crippen LogP contribution in [0.3, 0.4) is 0 Å². The topological polar surface area (TPSA) is 64.3 Å². The van der Waals surface area contributed by atoms with Crippen LogP contribution >= 0.6 is 15.9 Å². The van der Waals surface area contributed by atoms with Crippen LogP contribution in [0.25, 0.3) is 0 Å². The number of nitrogen functional groups attached to an aromatic ring is 1. The number of hydrogen-bond acceptors (Lipinski definition) is 4. The van der Waals surface area contributed by atoms with E-state index in [1.165, 1.54) is 0 Å². The number of nitrogens with one attached hydrogen (secondary N) is 1. The van der Waals surface area contributed by atoms with Gasteiger partial charge in [-0.1, -0.05) is 12.1 Å². The normalized spacial score (nSPS) is 10.2. The average Bonchev–Trinajstić information content (AvgIpc) is 2.45. The standard InChI is InChI=1S/C16H17BrN2O2/c1-3-21-16(20)11-5-4-6-13(18)15(11)19-14-9-10(2)7-8-12(14)17/h4-9,19H,3,18H2,1-2H3. The number of hydrogen-bond donors (Lipinski definition) is 2. The highest BCUT2D eigenvalue weighted by Gasteiger charge is 2.15. The quantitative estimate of drug-likeness (QED) is 0.639. The van der Waals surface area contributed by atoms with Crippen molar-refractivity contribution in [2.24, 2.45) is 0 Å². The Morgan fingerprint density at radius 2 is 2.10 bits per heavy atom. The van der Waals surface area contributed by atoms with Crippen molar-refractivity contribution in [3.63, 3.8) is 0 Å². The Hall–Kier alpha value is -2.01. The predicted molar refractivity (Wildman–Crippen MR) is 89.0 cm³/mol. The average molecular weight is 349 g/mol. The van der Waals surface area contributed by atoms with E-state index in [9.17, 15) is 4.79 Å². The van der Waals surface area contributed by atoms with Gasteiger partial charge in [0.2, 0.25) is 0 Å². The molecule has 4 nitrogen and oxygen atoms in total. The van der Waals surface area contributed by atoms with E-state index in [0.717, 1.165) is 15.7 Å². The van der Waals surface area contributed by atoms with Crippen LogP contribution in [0.2, 0.25) is 0 Å². The van der Waals surface area contributed by atoms with Crippen molar-refractivity contribution in [3.8, 4) is 0 Å². The van der Waals surface area contributed by atoms with Crippen LogP contribution in [0.1, 0.15) is 22.8 Å². The molecule has 0 aliphatic rings. The molecule has 3 N–H and O–H groups in total. The van der Waals surface area contributed by atoms with Crippen LogP contribution in [0, 0.1) is 6.92 Å². The molecule has 5 heteroatoms. The van der Waals surface area contributed by atoms with Crippen LogP contribution in [-0.2, 0) is 4.74 Å². The summed E-state index contributed by atoms with van der Waals surface area (Å²) in [5.41, 5.74) is 9.43. The third kappa shape index (κ3) is 3.55. The maximum absolute atomic E-state index is 12.0. The highest BCUT2D eigenvalue weighted by Crippen LogP contribution is 2.32. The van der Waals surface area contributed by atoms with E-state index in [4.69, 9.17) is 10.5 Å². The number of anilines is 3. The number of aryl methyl sites for hydroxylation is 1. The van der Waals surface area contributed by atoms with Crippen molar-refractivity contribution in [2.45, 2.75) is 13.8 Å². The first kappa shape index (κ1) is 15.4. The number of halogens is 1. The SMILES string of the molecule is CCOC(=O)c1cccc(N)c1Nc1cc(C)ccc1Br. The van der Waals surface area contributed by atoms with E-state index < -0.39 is 5.97 Å². The van der Waals surface area contributed by atoms with Crippen molar-refractivity contribution in [2.75, 3.05) is 17.7 Å². The fraction of sp³-hybridized carbons (Fsp3) is 0.188. The van der Waals surface area contributed by atoms with Crippen LogP contribution in [0.4, 0.5) is 17.1 Å². The van der Waals surface area contributed by atoms with Gasteiger partial charge in [0.05, 0.1) is 29.2 Å². The van der Waals surface area contributed by atoms with Gasteiger partial charge in [-0.25, -0.2) is 4.79 Å². The van der Waals surface area contributed by atoms with Crippen molar-refractivity contribution < 1.29 is 9.53 Å². The van der Waals surface area contributed by atoms with Gasteiger partial charge in [0.15, 0.2) is 0 Å². The largest absolute Gasteiger partial charge is 0.462 e. The molecule has 0 aliphatic heterocycles. The third-order valence-electron chi connectivity index (χ3n) is 2.97. The van der Waals surface area contributed by atoms with Crippen LogP contribution in [-0.4, -0.2) is 12.6 Å². The summed E-state index contributed by atoms with van der Waals surface area (Å²) in [6, 6.07) is 11.1. The number of esters is 1. The Morgan fingerprint density at radius 3 is 2.81 bits per heavy atom. The summed E-state index contributed by atoms with van der Waals surface area (Å²) in [4.78, 5) is 12.0. The molecule has 21 heavy (non-hydrogen) atoms. The molecule has 2 rings (SSSR count). The fourth-order valence-corrected chi connectivity index (χ4v) is 2.30. The summed E-state index contributed by atoms with van der Waals surface area (Å²) in [6.07, 6.45) is 0. The monoisotopic (exact) mass is 348 g/mol. The van der Waals surface area contributed by atoms with Gasteiger partial charge < -0.3 is 15.8 Å². The summed E-state index contributed by atoms with van der Waals surface area (Å²) in [7, 11) is 0. The molecule has 0 fully saturated rings. The van der Waals surface area contributed by atoms with Crippen molar-refractivity contribution in [3.05, 3.63) is 52.0 Å².